The fraction of sp³-hybridized carbons (Fsp3) is 0.500. The quantitative estimate of drug-likeness (QED) is 0.0923. The molecule has 60 heavy (non-hydrogen) atoms. The monoisotopic (exact) mass is 821 g/mol. The molecule has 0 radical (unpaired) electrons. The third kappa shape index (κ3) is 10.5. The van der Waals surface area contributed by atoms with Crippen LogP contribution >= 0.6 is 0 Å². The van der Waals surface area contributed by atoms with E-state index in [9.17, 15) is 33.9 Å². The number of hydrogen-bond donors (Lipinski definition) is 5. The van der Waals surface area contributed by atoms with Gasteiger partial charge >= 0.3 is 0 Å². The molecule has 2 fully saturated rings. The van der Waals surface area contributed by atoms with E-state index < -0.39 is 41.7 Å². The number of carbonyl (C=O) groups excluding carboxylic acids is 6. The number of primary amides is 1. The lowest BCUT2D eigenvalue weighted by molar-refractivity contribution is -0.136. The zero-order chi connectivity index (χ0) is 42.2. The second-order valence-electron chi connectivity index (χ2n) is 16.3. The van der Waals surface area contributed by atoms with E-state index >= 15 is 0 Å². The van der Waals surface area contributed by atoms with Crippen molar-refractivity contribution in [2.45, 2.75) is 108 Å². The van der Waals surface area contributed by atoms with Gasteiger partial charge in [0.05, 0.1) is 17.2 Å². The molecule has 0 aliphatic carbocycles. The Balaban J connectivity index is 0.760. The van der Waals surface area contributed by atoms with Crippen LogP contribution in [0.2, 0.25) is 0 Å². The summed E-state index contributed by atoms with van der Waals surface area (Å²) < 4.78 is 0. The number of benzene rings is 2. The van der Waals surface area contributed by atoms with Gasteiger partial charge in [-0.2, -0.15) is 0 Å². The number of β-amino-alcohol motifs (C(OH)–C–C–N with tert-alkyl or cyclic N) is 1. The van der Waals surface area contributed by atoms with Crippen molar-refractivity contribution >= 4 is 46.9 Å². The van der Waals surface area contributed by atoms with Gasteiger partial charge in [-0.1, -0.05) is 49.9 Å². The minimum Gasteiger partial charge on any atom is -0.391 e. The van der Waals surface area contributed by atoms with Crippen LogP contribution in [0.5, 0.6) is 0 Å². The van der Waals surface area contributed by atoms with Gasteiger partial charge < -0.3 is 26.4 Å². The summed E-state index contributed by atoms with van der Waals surface area (Å²) in [6.45, 7) is 4.08. The summed E-state index contributed by atoms with van der Waals surface area (Å²) in [4.78, 5) is 89.1. The number of amides is 6. The molecule has 4 aliphatic rings. The summed E-state index contributed by atoms with van der Waals surface area (Å²) in [5, 5.41) is 19.9. The first kappa shape index (κ1) is 42.4. The first-order valence-electron chi connectivity index (χ1n) is 21.3. The summed E-state index contributed by atoms with van der Waals surface area (Å²) in [5.41, 5.74) is 9.56. The highest BCUT2D eigenvalue weighted by atomic mass is 16.3. The molecule has 0 saturated carbocycles. The number of aliphatic hydroxyl groups excluding tert-OH is 1. The van der Waals surface area contributed by atoms with Crippen LogP contribution in [0.15, 0.2) is 48.5 Å². The normalized spacial score (nSPS) is 18.9. The predicted molar refractivity (Wildman–Crippen MR) is 223 cm³/mol. The Hall–Kier alpha value is -5.74. The fourth-order valence-electron chi connectivity index (χ4n) is 8.63. The van der Waals surface area contributed by atoms with Crippen molar-refractivity contribution in [3.63, 3.8) is 0 Å². The minimum atomic E-state index is -0.985. The summed E-state index contributed by atoms with van der Waals surface area (Å²) in [6.07, 6.45) is 8.44. The zero-order valence-corrected chi connectivity index (χ0v) is 34.0. The van der Waals surface area contributed by atoms with Crippen molar-refractivity contribution in [1.82, 2.24) is 30.0 Å². The Morgan fingerprint density at radius 2 is 1.58 bits per heavy atom. The average molecular weight is 822 g/mol. The van der Waals surface area contributed by atoms with Crippen LogP contribution in [0.1, 0.15) is 119 Å². The summed E-state index contributed by atoms with van der Waals surface area (Å²) in [7, 11) is 0. The molecule has 0 spiro atoms. The largest absolute Gasteiger partial charge is 0.391 e. The summed E-state index contributed by atoms with van der Waals surface area (Å²) in [6, 6.07) is 14.0. The van der Waals surface area contributed by atoms with Gasteiger partial charge in [-0.05, 0) is 67.9 Å². The number of fused-ring (bicyclic) bond motifs is 2. The number of unbranched alkanes of at least 4 members (excludes halogenated alkanes) is 5. The molecule has 7 rings (SSSR count). The Kier molecular flexibility index (Phi) is 13.8. The molecule has 4 aliphatic heterocycles. The molecule has 2 aromatic carbocycles. The number of anilines is 2. The van der Waals surface area contributed by atoms with Crippen molar-refractivity contribution in [1.29, 1.82) is 0 Å². The number of nitrogens with two attached hydrogens (primary N) is 1. The fourth-order valence-corrected chi connectivity index (χ4v) is 8.63. The molecule has 2 atom stereocenters. The van der Waals surface area contributed by atoms with Gasteiger partial charge in [-0.25, -0.2) is 9.97 Å². The van der Waals surface area contributed by atoms with Gasteiger partial charge in [0.25, 0.3) is 17.7 Å². The molecule has 5 heterocycles. The lowest BCUT2D eigenvalue weighted by atomic mass is 9.99. The van der Waals surface area contributed by atoms with E-state index in [1.807, 2.05) is 11.0 Å². The van der Waals surface area contributed by atoms with E-state index in [0.717, 1.165) is 81.5 Å². The van der Waals surface area contributed by atoms with Gasteiger partial charge in [0.1, 0.15) is 23.4 Å². The maximum absolute atomic E-state index is 13.1. The SMILES string of the molecule is NC(=O)c1cc(NC2CCN(C(=O)CCCCCCCCNc3ccc4c(c3)C(=O)N(C3CCC(=O)NC3=O)C4=O)CC2)nc(C[C@H](O)CN2CCc3ccccc3C2)n1. The lowest BCUT2D eigenvalue weighted by Crippen LogP contribution is -2.54. The van der Waals surface area contributed by atoms with E-state index in [-0.39, 0.29) is 48.0 Å². The van der Waals surface area contributed by atoms with E-state index in [0.29, 0.717) is 44.2 Å². The first-order valence-corrected chi connectivity index (χ1v) is 21.3. The summed E-state index contributed by atoms with van der Waals surface area (Å²) in [5.74, 6) is -1.71. The van der Waals surface area contributed by atoms with Crippen LogP contribution in [-0.4, -0.2) is 116 Å². The van der Waals surface area contributed by atoms with Crippen LogP contribution in [0, 0.1) is 0 Å². The second kappa shape index (κ2) is 19.5. The number of imide groups is 2. The number of hydrogen-bond acceptors (Lipinski definition) is 12. The number of likely N-dealkylation sites (tertiary alicyclic amines) is 1. The smallest absolute Gasteiger partial charge is 0.267 e. The van der Waals surface area contributed by atoms with Crippen molar-refractivity contribution < 1.29 is 33.9 Å². The minimum absolute atomic E-state index is 0.0649. The van der Waals surface area contributed by atoms with Crippen LogP contribution in [0.25, 0.3) is 0 Å². The van der Waals surface area contributed by atoms with Crippen LogP contribution in [0.4, 0.5) is 11.5 Å². The van der Waals surface area contributed by atoms with Crippen molar-refractivity contribution in [2.75, 3.05) is 43.4 Å². The van der Waals surface area contributed by atoms with Crippen LogP contribution in [-0.2, 0) is 33.8 Å². The number of nitrogens with zero attached hydrogens (tertiary/aromatic N) is 5. The number of rotatable bonds is 18. The maximum atomic E-state index is 13.1. The number of piperidine rings is 2. The lowest BCUT2D eigenvalue weighted by Gasteiger charge is -2.33. The van der Waals surface area contributed by atoms with Gasteiger partial charge in [-0.3, -0.25) is 43.9 Å². The Labute approximate surface area is 349 Å². The Bertz CT molecular complexity index is 2100. The van der Waals surface area contributed by atoms with E-state index in [2.05, 4.69) is 49.0 Å². The van der Waals surface area contributed by atoms with Crippen LogP contribution in [0.3, 0.4) is 0 Å². The van der Waals surface area contributed by atoms with Crippen molar-refractivity contribution in [3.05, 3.63) is 82.3 Å². The molecule has 6 amide bonds. The molecular weight excluding hydrogens is 767 g/mol. The van der Waals surface area contributed by atoms with Gasteiger partial charge in [0.2, 0.25) is 17.7 Å². The number of nitrogens with one attached hydrogen (secondary N) is 3. The third-order valence-corrected chi connectivity index (χ3v) is 11.9. The molecule has 0 bridgehead atoms. The molecule has 2 saturated heterocycles. The third-order valence-electron chi connectivity index (χ3n) is 11.9. The molecule has 6 N–H and O–H groups in total. The number of aliphatic hydroxyl groups is 1. The zero-order valence-electron chi connectivity index (χ0n) is 34.0. The van der Waals surface area contributed by atoms with Crippen LogP contribution < -0.4 is 21.7 Å². The molecule has 3 aromatic rings. The van der Waals surface area contributed by atoms with Crippen molar-refractivity contribution in [3.8, 4) is 0 Å². The number of carbonyl (C=O) groups is 6. The van der Waals surface area contributed by atoms with E-state index in [1.54, 1.807) is 24.3 Å². The average Bonchev–Trinajstić information content (AvgIpc) is 3.47. The predicted octanol–water partition coefficient (Wildman–Crippen LogP) is 3.18. The van der Waals surface area contributed by atoms with E-state index in [1.165, 1.54) is 11.1 Å². The molecule has 1 unspecified atom stereocenters. The molecule has 16 heteroatoms. The maximum Gasteiger partial charge on any atom is 0.267 e. The van der Waals surface area contributed by atoms with Gasteiger partial charge in [-0.15, -0.1) is 0 Å². The standard InChI is InChI=1S/C44H55N9O7/c45-41(57)35-25-38(49-37(48-35)24-32(54)27-51-20-16-28-9-6-7-10-29(28)26-51)47-30-17-21-52(22-18-30)40(56)11-5-3-1-2-4-8-19-46-31-12-13-33-34(23-31)44(60)53(43(33)59)36-14-15-39(55)50-42(36)58/h6-7,9-10,12-13,23,25,30,32,36,46,54H,1-5,8,11,14-22,24,26-27H2,(H2,45,57)(H,47,48,49)(H,50,55,58)/t32-,36?/m0/s1. The highest BCUT2D eigenvalue weighted by molar-refractivity contribution is 6.23. The Morgan fingerprint density at radius 1 is 0.850 bits per heavy atom. The van der Waals surface area contributed by atoms with Gasteiger partial charge in [0.15, 0.2) is 0 Å². The topological polar surface area (TPSA) is 220 Å². The molecular formula is C44H55N9O7. The molecule has 1 aromatic heterocycles. The van der Waals surface area contributed by atoms with Crippen molar-refractivity contribution in [2.24, 2.45) is 5.73 Å². The van der Waals surface area contributed by atoms with Gasteiger partial charge in [0, 0.05) is 76.3 Å². The van der Waals surface area contributed by atoms with E-state index in [4.69, 9.17) is 5.73 Å². The highest BCUT2D eigenvalue weighted by Crippen LogP contribution is 2.30. The molecule has 318 valence electrons. The highest BCUT2D eigenvalue weighted by Gasteiger charge is 2.44. The molecule has 16 nitrogen and oxygen atoms in total. The first-order chi connectivity index (χ1) is 29.0. The number of aromatic nitrogens is 2. The Morgan fingerprint density at radius 3 is 2.35 bits per heavy atom. The second-order valence-corrected chi connectivity index (χ2v) is 16.3. The summed E-state index contributed by atoms with van der Waals surface area (Å²) >= 11 is 0.